The summed E-state index contributed by atoms with van der Waals surface area (Å²) >= 11 is 1.37. The molecule has 696 valence electrons. The van der Waals surface area contributed by atoms with Crippen LogP contribution >= 0.6 is 33.3 Å². The predicted molar refractivity (Wildman–Crippen MR) is 473 cm³/mol. The van der Waals surface area contributed by atoms with E-state index in [0.29, 0.717) is 22.6 Å². The lowest BCUT2D eigenvalue weighted by Crippen LogP contribution is -2.61. The van der Waals surface area contributed by atoms with E-state index in [1.54, 1.807) is 78.1 Å². The maximum atomic E-state index is 15.3. The first-order valence-electron chi connectivity index (χ1n) is 41.5. The Kier molecular flexibility index (Phi) is 44.2. The number of benzene rings is 2. The molecule has 2 aromatic carbocycles. The van der Waals surface area contributed by atoms with Gasteiger partial charge in [-0.25, -0.2) is 4.98 Å². The number of phenolic OH excluding ortho intramolecular Hbond substituents is 1. The normalized spacial score (nSPS) is 21.8. The van der Waals surface area contributed by atoms with Crippen molar-refractivity contribution in [3.05, 3.63) is 83.9 Å². The molecule has 43 nitrogen and oxygen atoms in total. The van der Waals surface area contributed by atoms with Crippen LogP contribution in [0.1, 0.15) is 131 Å². The molecular formula is C80H125N25O18S3. The molecule has 0 radical (unpaired) electrons. The van der Waals surface area contributed by atoms with Crippen LogP contribution in [0.5, 0.6) is 5.75 Å². The van der Waals surface area contributed by atoms with Crippen molar-refractivity contribution < 1.29 is 86.9 Å². The zero-order chi connectivity index (χ0) is 93.6. The fourth-order valence-corrected chi connectivity index (χ4v) is 16.0. The molecule has 2 aliphatic rings. The summed E-state index contributed by atoms with van der Waals surface area (Å²) < 4.78 is 0. The molecule has 0 aliphatic carbocycles. The number of thioether (sulfide) groups is 1. The number of aromatic hydroxyl groups is 1. The van der Waals surface area contributed by atoms with Gasteiger partial charge in [-0.05, 0) is 125 Å². The van der Waals surface area contributed by atoms with Crippen LogP contribution in [-0.2, 0) is 96.0 Å². The third-order valence-electron chi connectivity index (χ3n) is 20.2. The van der Waals surface area contributed by atoms with Crippen LogP contribution in [0, 0.1) is 28.6 Å². The van der Waals surface area contributed by atoms with Gasteiger partial charge in [-0.1, -0.05) is 106 Å². The molecule has 2 aliphatic heterocycles. The van der Waals surface area contributed by atoms with E-state index in [1.165, 1.54) is 74.2 Å². The van der Waals surface area contributed by atoms with Crippen molar-refractivity contribution in [2.75, 3.05) is 49.7 Å². The third-order valence-corrected chi connectivity index (χ3v) is 23.3. The van der Waals surface area contributed by atoms with E-state index < -0.39 is 233 Å². The van der Waals surface area contributed by atoms with Crippen LogP contribution in [0.25, 0.3) is 0 Å². The summed E-state index contributed by atoms with van der Waals surface area (Å²) in [6.07, 6.45) is 2.80. The van der Waals surface area contributed by atoms with Crippen LogP contribution in [0.15, 0.2) is 67.1 Å². The second-order valence-electron chi connectivity index (χ2n) is 31.9. The maximum Gasteiger partial charge on any atom is 0.245 e. The van der Waals surface area contributed by atoms with Crippen molar-refractivity contribution in [1.82, 2.24) is 99.9 Å². The molecule has 29 N–H and O–H groups in total. The minimum Gasteiger partial charge on any atom is -0.508 e. The molecule has 0 bridgehead atoms. The number of phenols is 1. The van der Waals surface area contributed by atoms with Gasteiger partial charge in [0, 0.05) is 62.3 Å². The summed E-state index contributed by atoms with van der Waals surface area (Å²) in [6, 6.07) is -8.32. The number of aliphatic hydroxyl groups is 1. The third kappa shape index (κ3) is 35.8. The van der Waals surface area contributed by atoms with E-state index in [9.17, 15) is 67.7 Å². The van der Waals surface area contributed by atoms with Gasteiger partial charge in [-0.15, -0.1) is 0 Å². The number of rotatable bonds is 35. The van der Waals surface area contributed by atoms with Crippen LogP contribution in [0.3, 0.4) is 0 Å². The molecule has 3 heterocycles. The zero-order valence-electron chi connectivity index (χ0n) is 72.4. The number of hydrogen-bond donors (Lipinski definition) is 25. The molecule has 0 saturated carbocycles. The smallest absolute Gasteiger partial charge is 0.245 e. The number of hydrogen-bond acceptors (Lipinski definition) is 25. The number of H-pyrrole nitrogens is 1. The second-order valence-corrected chi connectivity index (χ2v) is 35.4. The minimum absolute atomic E-state index is 0.0168. The van der Waals surface area contributed by atoms with E-state index in [4.69, 9.17) is 33.8 Å². The van der Waals surface area contributed by atoms with E-state index in [0.717, 1.165) is 21.6 Å². The van der Waals surface area contributed by atoms with E-state index in [1.807, 2.05) is 0 Å². The summed E-state index contributed by atoms with van der Waals surface area (Å²) in [5.74, 6) is -18.3. The fourth-order valence-electron chi connectivity index (χ4n) is 13.2. The largest absolute Gasteiger partial charge is 0.508 e. The van der Waals surface area contributed by atoms with Gasteiger partial charge in [0.25, 0.3) is 0 Å². The first-order valence-corrected chi connectivity index (χ1v) is 45.4. The molecule has 16 atom stereocenters. The van der Waals surface area contributed by atoms with Gasteiger partial charge in [0.2, 0.25) is 94.5 Å². The van der Waals surface area contributed by atoms with Gasteiger partial charge in [0.05, 0.1) is 25.0 Å². The van der Waals surface area contributed by atoms with Crippen LogP contribution in [-0.4, -0.2) is 278 Å². The van der Waals surface area contributed by atoms with Crippen molar-refractivity contribution in [2.45, 2.75) is 230 Å². The van der Waals surface area contributed by atoms with E-state index >= 15 is 19.2 Å². The van der Waals surface area contributed by atoms with Crippen molar-refractivity contribution >= 4 is 140 Å². The number of nitrogens with one attached hydrogen (secondary N) is 19. The lowest BCUT2D eigenvalue weighted by Gasteiger charge is -2.31. The molecule has 3 aromatic rings. The minimum atomic E-state index is -1.72. The molecule has 2 fully saturated rings. The molecule has 126 heavy (non-hydrogen) atoms. The number of imidazole rings is 1. The van der Waals surface area contributed by atoms with E-state index in [2.05, 4.69) is 95.0 Å². The Hall–Kier alpha value is -11.5. The maximum absolute atomic E-state index is 15.3. The van der Waals surface area contributed by atoms with Crippen LogP contribution < -0.4 is 108 Å². The molecule has 2 saturated heterocycles. The number of aromatic amines is 1. The molecular weight excluding hydrogens is 1700 g/mol. The summed E-state index contributed by atoms with van der Waals surface area (Å²) in [4.78, 5) is 240. The Morgan fingerprint density at radius 1 is 0.627 bits per heavy atom. The lowest BCUT2D eigenvalue weighted by atomic mass is 10.0. The highest BCUT2D eigenvalue weighted by Crippen LogP contribution is 2.26. The number of nitrogens with two attached hydrogens (primary N) is 4. The number of carbonyl (C=O) groups is 16. The fraction of sp³-hybridized carbons (Fsp3) is 0.588. The number of aromatic nitrogens is 2. The molecule has 1 aromatic heterocycles. The van der Waals surface area contributed by atoms with E-state index in [-0.39, 0.29) is 102 Å². The Morgan fingerprint density at radius 2 is 1.24 bits per heavy atom. The first-order chi connectivity index (χ1) is 59.6. The van der Waals surface area contributed by atoms with Gasteiger partial charge >= 0.3 is 0 Å². The summed E-state index contributed by atoms with van der Waals surface area (Å²) in [5, 5.41) is 77.9. The number of guanidine groups is 2. The number of fused-ring (bicyclic) bond motifs is 1. The van der Waals surface area contributed by atoms with Crippen molar-refractivity contribution in [3.63, 3.8) is 0 Å². The molecule has 16 amide bonds. The van der Waals surface area contributed by atoms with Crippen molar-refractivity contribution in [3.8, 4) is 5.75 Å². The van der Waals surface area contributed by atoms with Gasteiger partial charge in [0.15, 0.2) is 11.9 Å². The lowest BCUT2D eigenvalue weighted by molar-refractivity contribution is -0.142. The SMILES string of the molecule is CSCC[C@H](NC(=O)[C@@H](N)Cc1cnc[nH]1)C(=O)N[C@H](C(=O)N[C@H]1CSSC[C@@H](C(=O)N[C@@H](Cc2ccccc2)C(=O)N[C@@H](C)C(=O)N[C@H](C(N)=O)[C@@H](C)O)NC(=O)[C@H](C(C)C)NC(=O)[C@@H]2CCCN2C(=O)[C@H](CCCNC(=N)N)NC(=O)CNC(=O)[C@H](CCCNC(=N)N)NC(=O)[C@H](Cc2ccc(O)cc2)NC(=O)[C@H](C)NC(=O)[C@H](CC(C)C)NC1=O)C(C)C. The molecule has 5 rings (SSSR count). The molecule has 0 spiro atoms. The van der Waals surface area contributed by atoms with Crippen LogP contribution in [0.2, 0.25) is 0 Å². The quantitative estimate of drug-likeness (QED) is 0.0113. The second kappa shape index (κ2) is 53.1. The predicted octanol–water partition coefficient (Wildman–Crippen LogP) is -5.18. The highest BCUT2D eigenvalue weighted by atomic mass is 33.1. The average molecular weight is 1820 g/mol. The number of aliphatic hydroxyl groups excluding tert-OH is 1. The Labute approximate surface area is 743 Å². The number of carbonyl (C=O) groups excluding carboxylic acids is 16. The standard InChI is InChI=1S/C80H125N25O18S3/c1-40(2)31-54-70(115)92-43(7)65(110)97-56(33-47-22-24-49(107)25-23-47)72(117)96-51(19-14-27-88-79(83)84)68(113)90-36-60(108)94-53(20-15-28-89-80(85)86)78(123)105-29-16-21-59(105)75(120)103-62(42(5)6)77(122)101-58(74(119)99-55(32-46-17-12-11-13-18-46)71(116)93-44(8)66(111)104-63(45(9)106)64(82)109)38-126-125-37-57(73(118)98-54)100-76(121)61(41(3)4)102-69(114)52(26-30-124-10)95-67(112)50(81)34-48-35-87-39-91-48/h11-13,17-18,22-25,35,39-45,50-59,61-63,106-107H,14-16,19-21,26-34,36-38,81H2,1-10H3,(H2,82,109)(H,87,91)(H,90,113)(H,92,115)(H,93,116)(H,94,108)(H,95,112)(H,96,117)(H,97,110)(H,98,118)(H,99,119)(H,100,121)(H,101,122)(H,102,114)(H,103,120)(H,104,111)(H4,83,84,88)(H4,85,86,89)/t43-,44-,45+,50-,51-,52-,53-,54-,55-,56-,57-,58-,59-,61-,62-,63-/m0/s1. The average Bonchev–Trinajstić information content (AvgIpc) is 1.67. The van der Waals surface area contributed by atoms with Crippen LogP contribution in [0.4, 0.5) is 0 Å². The Balaban J connectivity index is 1.67. The highest BCUT2D eigenvalue weighted by Gasteiger charge is 2.42. The van der Waals surface area contributed by atoms with Gasteiger partial charge < -0.3 is 128 Å². The number of primary amides is 1. The highest BCUT2D eigenvalue weighted by molar-refractivity contribution is 8.76. The summed E-state index contributed by atoms with van der Waals surface area (Å²) in [7, 11) is 1.70. The molecule has 0 unspecified atom stereocenters. The number of nitrogens with zero attached hydrogens (tertiary/aromatic N) is 2. The van der Waals surface area contributed by atoms with Crippen molar-refractivity contribution in [2.24, 2.45) is 40.7 Å². The topological polar surface area (TPSA) is 690 Å². The van der Waals surface area contributed by atoms with Gasteiger partial charge in [-0.3, -0.25) is 87.5 Å². The van der Waals surface area contributed by atoms with Gasteiger partial charge in [0.1, 0.15) is 90.3 Å². The van der Waals surface area contributed by atoms with Crippen molar-refractivity contribution in [1.29, 1.82) is 10.8 Å². The summed E-state index contributed by atoms with van der Waals surface area (Å²) in [6.45, 7) is 12.7. The Morgan fingerprint density at radius 3 is 1.83 bits per heavy atom. The Bertz CT molecular complexity index is 4210. The molecule has 46 heteroatoms. The first kappa shape index (κ1) is 105. The zero-order valence-corrected chi connectivity index (χ0v) is 74.9. The van der Waals surface area contributed by atoms with Gasteiger partial charge in [-0.2, -0.15) is 11.8 Å². The summed E-state index contributed by atoms with van der Waals surface area (Å²) in [5.41, 5.74) is 24.3. The number of amides is 16. The monoisotopic (exact) mass is 1820 g/mol.